The molecule has 3 fully saturated rings. The number of halogens is 2. The van der Waals surface area contributed by atoms with Gasteiger partial charge in [-0.1, -0.05) is 36.2 Å². The quantitative estimate of drug-likeness (QED) is 0.330. The molecule has 0 bridgehead atoms. The van der Waals surface area contributed by atoms with Crippen LogP contribution in [0.5, 0.6) is 5.75 Å². The Balaban J connectivity index is 1.30. The Morgan fingerprint density at radius 1 is 1.00 bits per heavy atom. The van der Waals surface area contributed by atoms with Crippen molar-refractivity contribution in [3.8, 4) is 5.75 Å². The third-order valence-corrected chi connectivity index (χ3v) is 7.69. The third-order valence-electron chi connectivity index (χ3n) is 7.14. The Kier molecular flexibility index (Phi) is 6.32. The van der Waals surface area contributed by atoms with Crippen LogP contribution in [0.25, 0.3) is 0 Å². The second kappa shape index (κ2) is 9.28. The summed E-state index contributed by atoms with van der Waals surface area (Å²) in [4.78, 5) is 54.2. The summed E-state index contributed by atoms with van der Waals surface area (Å²) in [7, 11) is 0. The number of nitrogens with zero attached hydrogens (tertiary/aromatic N) is 2. The highest BCUT2D eigenvalue weighted by Crippen LogP contribution is 2.42. The fourth-order valence-electron chi connectivity index (χ4n) is 5.32. The molecule has 5 rings (SSSR count). The number of rotatable bonds is 4. The first-order valence-electron chi connectivity index (χ1n) is 11.7. The molecule has 2 aromatic carbocycles. The van der Waals surface area contributed by atoms with Crippen molar-refractivity contribution in [3.63, 3.8) is 0 Å². The molecule has 0 aromatic heterocycles. The summed E-state index contributed by atoms with van der Waals surface area (Å²) in [5, 5.41) is 0.791. The molecule has 1 aliphatic carbocycles. The zero-order valence-electron chi connectivity index (χ0n) is 19.1. The van der Waals surface area contributed by atoms with E-state index in [1.165, 1.54) is 15.9 Å². The molecule has 0 spiro atoms. The summed E-state index contributed by atoms with van der Waals surface area (Å²) < 4.78 is 5.57. The Morgan fingerprint density at radius 2 is 1.77 bits per heavy atom. The van der Waals surface area contributed by atoms with Crippen molar-refractivity contribution in [1.29, 1.82) is 0 Å². The fourth-order valence-corrected chi connectivity index (χ4v) is 5.71. The molecule has 182 valence electrons. The van der Waals surface area contributed by atoms with E-state index in [1.807, 2.05) is 0 Å². The van der Waals surface area contributed by atoms with E-state index >= 15 is 0 Å². The lowest BCUT2D eigenvalue weighted by Gasteiger charge is -2.25. The number of esters is 1. The zero-order chi connectivity index (χ0) is 24.9. The van der Waals surface area contributed by atoms with Crippen molar-refractivity contribution in [2.45, 2.75) is 32.6 Å². The molecule has 2 saturated heterocycles. The number of imide groups is 1. The van der Waals surface area contributed by atoms with Gasteiger partial charge < -0.3 is 9.64 Å². The maximum absolute atomic E-state index is 13.0. The topological polar surface area (TPSA) is 84.0 Å². The van der Waals surface area contributed by atoms with Crippen molar-refractivity contribution >= 4 is 58.3 Å². The first-order chi connectivity index (χ1) is 16.7. The number of fused-ring (bicyclic) bond motifs is 1. The SMILES string of the molecule is C[C@@H]1CC[C@@H]2C(=O)N(c3cccc(OC(=O)[C@H]4CC(=O)N(c5cc(Cl)ccc5Cl)C4)c3)C(=O)[C@H]2C1. The molecule has 9 heteroatoms. The smallest absolute Gasteiger partial charge is 0.316 e. The maximum atomic E-state index is 13.0. The largest absolute Gasteiger partial charge is 0.426 e. The molecule has 2 heterocycles. The van der Waals surface area contributed by atoms with Crippen LogP contribution in [-0.2, 0) is 19.2 Å². The zero-order valence-corrected chi connectivity index (χ0v) is 20.6. The molecule has 35 heavy (non-hydrogen) atoms. The van der Waals surface area contributed by atoms with E-state index in [-0.39, 0.29) is 48.3 Å². The predicted molar refractivity (Wildman–Crippen MR) is 131 cm³/mol. The molecule has 2 aromatic rings. The van der Waals surface area contributed by atoms with Gasteiger partial charge in [0, 0.05) is 24.1 Å². The van der Waals surface area contributed by atoms with Crippen LogP contribution in [0.15, 0.2) is 42.5 Å². The summed E-state index contributed by atoms with van der Waals surface area (Å²) >= 11 is 12.3. The number of ether oxygens (including phenoxy) is 1. The summed E-state index contributed by atoms with van der Waals surface area (Å²) in [6.45, 7) is 2.22. The molecule has 4 atom stereocenters. The molecule has 1 saturated carbocycles. The Hall–Kier alpha value is -2.90. The van der Waals surface area contributed by atoms with Crippen LogP contribution < -0.4 is 14.5 Å². The van der Waals surface area contributed by atoms with Gasteiger partial charge in [0.05, 0.1) is 34.2 Å². The first kappa shape index (κ1) is 23.8. The van der Waals surface area contributed by atoms with Gasteiger partial charge in [0.25, 0.3) is 0 Å². The van der Waals surface area contributed by atoms with Gasteiger partial charge in [-0.2, -0.15) is 0 Å². The van der Waals surface area contributed by atoms with Gasteiger partial charge in [0.1, 0.15) is 5.75 Å². The van der Waals surface area contributed by atoms with E-state index in [1.54, 1.807) is 36.4 Å². The van der Waals surface area contributed by atoms with Gasteiger partial charge >= 0.3 is 5.97 Å². The van der Waals surface area contributed by atoms with Gasteiger partial charge in [0.2, 0.25) is 17.7 Å². The van der Waals surface area contributed by atoms with Gasteiger partial charge in [-0.15, -0.1) is 0 Å². The predicted octanol–water partition coefficient (Wildman–Crippen LogP) is 4.88. The number of hydrogen-bond acceptors (Lipinski definition) is 5. The second-order valence-corrected chi connectivity index (χ2v) is 10.4. The average molecular weight is 515 g/mol. The number of amides is 3. The maximum Gasteiger partial charge on any atom is 0.316 e. The molecular formula is C26H24Cl2N2O5. The molecule has 3 aliphatic rings. The van der Waals surface area contributed by atoms with E-state index < -0.39 is 11.9 Å². The minimum absolute atomic E-state index is 0.0218. The second-order valence-electron chi connectivity index (χ2n) is 9.56. The van der Waals surface area contributed by atoms with Crippen LogP contribution in [0.3, 0.4) is 0 Å². The molecular weight excluding hydrogens is 491 g/mol. The van der Waals surface area contributed by atoms with Gasteiger partial charge in [0.15, 0.2) is 0 Å². The number of benzene rings is 2. The lowest BCUT2D eigenvalue weighted by molar-refractivity contribution is -0.139. The third kappa shape index (κ3) is 4.43. The standard InChI is InChI=1S/C26H24Cl2N2O5/c1-14-5-7-19-20(9-14)25(33)30(24(19)32)17-3-2-4-18(12-17)35-26(34)15-10-23(31)29(13-15)22-11-16(27)6-8-21(22)28/h2-4,6,8,11-12,14-15,19-20H,5,7,9-10,13H2,1H3/t14-,15+,19+,20+/m1/s1. The summed E-state index contributed by atoms with van der Waals surface area (Å²) in [6.07, 6.45) is 2.34. The van der Waals surface area contributed by atoms with Crippen molar-refractivity contribution in [1.82, 2.24) is 0 Å². The van der Waals surface area contributed by atoms with Crippen LogP contribution >= 0.6 is 23.2 Å². The Morgan fingerprint density at radius 3 is 2.57 bits per heavy atom. The van der Waals surface area contributed by atoms with E-state index in [9.17, 15) is 19.2 Å². The van der Waals surface area contributed by atoms with E-state index in [2.05, 4.69) is 6.92 Å². The molecule has 0 radical (unpaired) electrons. The minimum atomic E-state index is -0.694. The van der Waals surface area contributed by atoms with Gasteiger partial charge in [-0.3, -0.25) is 19.2 Å². The highest BCUT2D eigenvalue weighted by Gasteiger charge is 2.50. The van der Waals surface area contributed by atoms with Crippen molar-refractivity contribution in [2.75, 3.05) is 16.3 Å². The van der Waals surface area contributed by atoms with Gasteiger partial charge in [-0.25, -0.2) is 4.90 Å². The highest BCUT2D eigenvalue weighted by atomic mass is 35.5. The lowest BCUT2D eigenvalue weighted by Crippen LogP contribution is -2.31. The number of hydrogen-bond donors (Lipinski definition) is 0. The first-order valence-corrected chi connectivity index (χ1v) is 12.4. The van der Waals surface area contributed by atoms with Crippen molar-refractivity contribution in [3.05, 3.63) is 52.5 Å². The van der Waals surface area contributed by atoms with Crippen LogP contribution in [0, 0.1) is 23.7 Å². The summed E-state index contributed by atoms with van der Waals surface area (Å²) in [5.41, 5.74) is 0.838. The van der Waals surface area contributed by atoms with Crippen molar-refractivity contribution in [2.24, 2.45) is 23.7 Å². The van der Waals surface area contributed by atoms with Crippen LogP contribution in [0.4, 0.5) is 11.4 Å². The number of carbonyl (C=O) groups is 4. The fraction of sp³-hybridized carbons (Fsp3) is 0.385. The highest BCUT2D eigenvalue weighted by molar-refractivity contribution is 6.36. The van der Waals surface area contributed by atoms with Gasteiger partial charge in [-0.05, 0) is 55.5 Å². The monoisotopic (exact) mass is 514 g/mol. The molecule has 2 aliphatic heterocycles. The number of anilines is 2. The molecule has 0 unspecified atom stereocenters. The molecule has 7 nitrogen and oxygen atoms in total. The minimum Gasteiger partial charge on any atom is -0.426 e. The Bertz CT molecular complexity index is 1230. The Labute approximate surface area is 212 Å². The van der Waals surface area contributed by atoms with E-state index in [4.69, 9.17) is 27.9 Å². The normalized spacial score (nSPS) is 26.3. The molecule has 0 N–H and O–H groups in total. The lowest BCUT2D eigenvalue weighted by atomic mass is 9.76. The van der Waals surface area contributed by atoms with E-state index in [0.29, 0.717) is 40.2 Å². The van der Waals surface area contributed by atoms with Crippen molar-refractivity contribution < 1.29 is 23.9 Å². The molecule has 3 amide bonds. The van der Waals surface area contributed by atoms with Crippen LogP contribution in [0.2, 0.25) is 10.0 Å². The number of carbonyl (C=O) groups excluding carboxylic acids is 4. The van der Waals surface area contributed by atoms with Crippen LogP contribution in [-0.4, -0.2) is 30.2 Å². The van der Waals surface area contributed by atoms with E-state index in [0.717, 1.165) is 6.42 Å². The summed E-state index contributed by atoms with van der Waals surface area (Å²) in [6, 6.07) is 11.2. The van der Waals surface area contributed by atoms with Crippen LogP contribution in [0.1, 0.15) is 32.6 Å². The summed E-state index contributed by atoms with van der Waals surface area (Å²) in [5.74, 6) is -1.84. The average Bonchev–Trinajstić information content (AvgIpc) is 3.33.